The maximum Gasteiger partial charge on any atom is 0.119 e. The number of hydrogen-bond acceptors (Lipinski definition) is 2. The molecular weight excluding hydrogens is 198 g/mol. The Labute approximate surface area is 95.3 Å². The van der Waals surface area contributed by atoms with Crippen LogP contribution in [0.5, 0.6) is 0 Å². The van der Waals surface area contributed by atoms with Gasteiger partial charge >= 0.3 is 0 Å². The number of allylic oxidation sites excluding steroid dienone is 4. The highest BCUT2D eigenvalue weighted by Crippen LogP contribution is 2.32. The van der Waals surface area contributed by atoms with Crippen LogP contribution in [0.15, 0.2) is 24.4 Å². The van der Waals surface area contributed by atoms with Crippen LogP contribution in [-0.4, -0.2) is 4.98 Å². The van der Waals surface area contributed by atoms with Gasteiger partial charge in [0, 0.05) is 11.8 Å². The van der Waals surface area contributed by atoms with Crippen LogP contribution in [0.2, 0.25) is 0 Å². The fraction of sp³-hybridized carbons (Fsp3) is 0.308. The quantitative estimate of drug-likeness (QED) is 0.704. The monoisotopic (exact) mass is 213 g/mol. The van der Waals surface area contributed by atoms with Gasteiger partial charge in [-0.05, 0) is 24.3 Å². The maximum atomic E-state index is 9.08. The molecule has 3 heteroatoms. The van der Waals surface area contributed by atoms with E-state index < -0.39 is 0 Å². The van der Waals surface area contributed by atoms with Crippen molar-refractivity contribution < 1.29 is 0 Å². The molecule has 0 radical (unpaired) electrons. The molecule has 1 unspecified atom stereocenters. The van der Waals surface area contributed by atoms with E-state index in [0.717, 1.165) is 18.4 Å². The third-order valence-corrected chi connectivity index (χ3v) is 2.99. The molecule has 3 N–H and O–H groups in total. The summed E-state index contributed by atoms with van der Waals surface area (Å²) in [4.78, 5) is 2.92. The molecule has 1 aromatic rings. The molecule has 1 aliphatic rings. The second kappa shape index (κ2) is 4.28. The Kier molecular flexibility index (Phi) is 2.82. The number of nitrogens with zero attached hydrogens (tertiary/aromatic N) is 1. The number of nitrogen functional groups attached to an aromatic ring is 1. The van der Waals surface area contributed by atoms with E-state index in [1.807, 2.05) is 6.20 Å². The average molecular weight is 213 g/mol. The molecule has 3 nitrogen and oxygen atoms in total. The molecule has 1 heterocycles. The van der Waals surface area contributed by atoms with E-state index in [2.05, 4.69) is 36.2 Å². The first-order chi connectivity index (χ1) is 7.74. The number of anilines is 1. The lowest BCUT2D eigenvalue weighted by atomic mass is 9.91. The molecule has 0 amide bonds. The highest BCUT2D eigenvalue weighted by Gasteiger charge is 2.17. The molecule has 0 spiro atoms. The Morgan fingerprint density at radius 3 is 3.06 bits per heavy atom. The van der Waals surface area contributed by atoms with E-state index in [4.69, 9.17) is 11.0 Å². The van der Waals surface area contributed by atoms with Crippen LogP contribution in [0.4, 0.5) is 5.82 Å². The zero-order valence-corrected chi connectivity index (χ0v) is 9.33. The molecular formula is C13H15N3. The molecule has 0 aliphatic heterocycles. The van der Waals surface area contributed by atoms with Crippen LogP contribution in [0.1, 0.15) is 30.9 Å². The Bertz CT molecular complexity index is 486. The topological polar surface area (TPSA) is 65.6 Å². The summed E-state index contributed by atoms with van der Waals surface area (Å²) in [5.74, 6) is 0.892. The summed E-state index contributed by atoms with van der Waals surface area (Å²) in [5, 5.41) is 9.08. The number of aromatic amines is 1. The summed E-state index contributed by atoms with van der Waals surface area (Å²) >= 11 is 0. The molecule has 1 atom stereocenters. The van der Waals surface area contributed by atoms with E-state index in [0.29, 0.717) is 17.3 Å². The molecule has 1 aliphatic carbocycles. The first-order valence-corrected chi connectivity index (χ1v) is 5.46. The Hall–Kier alpha value is -1.95. The van der Waals surface area contributed by atoms with E-state index >= 15 is 0 Å². The van der Waals surface area contributed by atoms with Gasteiger partial charge in [0.1, 0.15) is 17.5 Å². The summed E-state index contributed by atoms with van der Waals surface area (Å²) in [6.07, 6.45) is 10.3. The van der Waals surface area contributed by atoms with Crippen LogP contribution in [0.25, 0.3) is 5.57 Å². The van der Waals surface area contributed by atoms with Gasteiger partial charge in [0.05, 0.1) is 0 Å². The molecule has 1 aromatic heterocycles. The van der Waals surface area contributed by atoms with Gasteiger partial charge in [-0.25, -0.2) is 0 Å². The molecule has 0 aromatic carbocycles. The molecule has 0 saturated carbocycles. The molecule has 0 fully saturated rings. The smallest absolute Gasteiger partial charge is 0.119 e. The summed E-state index contributed by atoms with van der Waals surface area (Å²) in [7, 11) is 0. The first kappa shape index (κ1) is 10.6. The number of hydrogen-bond donors (Lipinski definition) is 2. The normalized spacial score (nSPS) is 20.0. The predicted molar refractivity (Wildman–Crippen MR) is 65.4 cm³/mol. The van der Waals surface area contributed by atoms with Gasteiger partial charge in [-0.1, -0.05) is 25.2 Å². The van der Waals surface area contributed by atoms with Gasteiger partial charge < -0.3 is 10.7 Å². The van der Waals surface area contributed by atoms with Gasteiger partial charge in [-0.3, -0.25) is 0 Å². The number of nitriles is 1. The van der Waals surface area contributed by atoms with E-state index in [9.17, 15) is 0 Å². The molecule has 2 rings (SSSR count). The minimum absolute atomic E-state index is 0.432. The van der Waals surface area contributed by atoms with Gasteiger partial charge in [-0.2, -0.15) is 5.26 Å². The molecule has 0 bridgehead atoms. The number of rotatable bonds is 1. The van der Waals surface area contributed by atoms with Crippen molar-refractivity contribution in [3.05, 3.63) is 35.6 Å². The summed E-state index contributed by atoms with van der Waals surface area (Å²) in [6, 6.07) is 2.16. The van der Waals surface area contributed by atoms with E-state index in [1.54, 1.807) is 0 Å². The molecule has 16 heavy (non-hydrogen) atoms. The minimum Gasteiger partial charge on any atom is -0.384 e. The van der Waals surface area contributed by atoms with Crippen molar-refractivity contribution in [2.24, 2.45) is 5.92 Å². The second-order valence-corrected chi connectivity index (χ2v) is 4.11. The SMILES string of the molecule is CC1CC=CCC=C1c1c[nH]c(N)c1C#N. The van der Waals surface area contributed by atoms with Gasteiger partial charge in [0.25, 0.3) is 0 Å². The Morgan fingerprint density at radius 2 is 2.31 bits per heavy atom. The second-order valence-electron chi connectivity index (χ2n) is 4.11. The fourth-order valence-electron chi connectivity index (χ4n) is 2.08. The van der Waals surface area contributed by atoms with Crippen molar-refractivity contribution in [3.63, 3.8) is 0 Å². The van der Waals surface area contributed by atoms with Crippen molar-refractivity contribution in [2.75, 3.05) is 5.73 Å². The number of H-pyrrole nitrogens is 1. The lowest BCUT2D eigenvalue weighted by molar-refractivity contribution is 0.768. The van der Waals surface area contributed by atoms with Crippen LogP contribution in [0, 0.1) is 17.2 Å². The molecule has 0 saturated heterocycles. The highest BCUT2D eigenvalue weighted by atomic mass is 14.8. The van der Waals surface area contributed by atoms with E-state index in [-0.39, 0.29) is 0 Å². The van der Waals surface area contributed by atoms with E-state index in [1.165, 1.54) is 5.57 Å². The summed E-state index contributed by atoms with van der Waals surface area (Å²) in [5.41, 5.74) is 8.46. The van der Waals surface area contributed by atoms with Crippen molar-refractivity contribution in [3.8, 4) is 6.07 Å². The third-order valence-electron chi connectivity index (χ3n) is 2.99. The average Bonchev–Trinajstić information content (AvgIpc) is 2.50. The predicted octanol–water partition coefficient (Wildman–Crippen LogP) is 2.84. The van der Waals surface area contributed by atoms with Crippen LogP contribution in [-0.2, 0) is 0 Å². The zero-order valence-electron chi connectivity index (χ0n) is 9.33. The number of nitrogens with two attached hydrogens (primary N) is 1. The van der Waals surface area contributed by atoms with Crippen LogP contribution >= 0.6 is 0 Å². The van der Waals surface area contributed by atoms with Gasteiger partial charge in [0.15, 0.2) is 0 Å². The van der Waals surface area contributed by atoms with Crippen molar-refractivity contribution >= 4 is 11.4 Å². The van der Waals surface area contributed by atoms with Gasteiger partial charge in [0.2, 0.25) is 0 Å². The standard InChI is InChI=1S/C13H15N3/c1-9-5-3-2-4-6-10(9)12-8-16-13(15)11(12)7-14/h2-3,6,8-9,16H,4-5,15H2,1H3. The Balaban J connectivity index is 2.44. The Morgan fingerprint density at radius 1 is 1.50 bits per heavy atom. The number of aromatic nitrogens is 1. The lowest BCUT2D eigenvalue weighted by Gasteiger charge is -2.12. The lowest BCUT2D eigenvalue weighted by Crippen LogP contribution is -1.98. The van der Waals surface area contributed by atoms with Crippen LogP contribution < -0.4 is 5.73 Å². The minimum atomic E-state index is 0.432. The third kappa shape index (κ3) is 1.74. The summed E-state index contributed by atoms with van der Waals surface area (Å²) < 4.78 is 0. The molecule has 82 valence electrons. The summed E-state index contributed by atoms with van der Waals surface area (Å²) in [6.45, 7) is 2.17. The van der Waals surface area contributed by atoms with Crippen molar-refractivity contribution in [2.45, 2.75) is 19.8 Å². The van der Waals surface area contributed by atoms with Crippen molar-refractivity contribution in [1.29, 1.82) is 5.26 Å². The maximum absolute atomic E-state index is 9.08. The number of nitrogens with one attached hydrogen (secondary N) is 1. The fourth-order valence-corrected chi connectivity index (χ4v) is 2.08. The highest BCUT2D eigenvalue weighted by molar-refractivity contribution is 5.76. The van der Waals surface area contributed by atoms with Crippen molar-refractivity contribution in [1.82, 2.24) is 4.98 Å². The van der Waals surface area contributed by atoms with Crippen LogP contribution in [0.3, 0.4) is 0 Å². The largest absolute Gasteiger partial charge is 0.384 e. The zero-order chi connectivity index (χ0) is 11.5. The first-order valence-electron chi connectivity index (χ1n) is 5.46. The van der Waals surface area contributed by atoms with Gasteiger partial charge in [-0.15, -0.1) is 0 Å².